The molecule has 1 saturated heterocycles. The first kappa shape index (κ1) is 20.2. The van der Waals surface area contributed by atoms with Gasteiger partial charge >= 0.3 is 5.63 Å². The average Bonchev–Trinajstić information content (AvgIpc) is 2.76. The maximum absolute atomic E-state index is 13.5. The van der Waals surface area contributed by atoms with Crippen LogP contribution in [-0.4, -0.2) is 30.4 Å². The summed E-state index contributed by atoms with van der Waals surface area (Å²) in [4.78, 5) is 24.2. The third kappa shape index (κ3) is 3.34. The number of aromatic nitrogens is 1. The van der Waals surface area contributed by atoms with Crippen molar-refractivity contribution in [3.05, 3.63) is 75.0 Å². The highest BCUT2D eigenvalue weighted by molar-refractivity contribution is 7.89. The van der Waals surface area contributed by atoms with Gasteiger partial charge in [-0.15, -0.1) is 0 Å². The third-order valence-electron chi connectivity index (χ3n) is 6.58. The van der Waals surface area contributed by atoms with E-state index in [-0.39, 0.29) is 28.3 Å². The van der Waals surface area contributed by atoms with Gasteiger partial charge in [-0.3, -0.25) is 4.79 Å². The fraction of sp³-hybridized carbons (Fsp3) is 0.391. The number of rotatable bonds is 4. The van der Waals surface area contributed by atoms with Gasteiger partial charge in [0.1, 0.15) is 5.58 Å². The van der Waals surface area contributed by atoms with Crippen molar-refractivity contribution in [3.8, 4) is 0 Å². The summed E-state index contributed by atoms with van der Waals surface area (Å²) < 4.78 is 35.7. The van der Waals surface area contributed by atoms with Crippen molar-refractivity contribution >= 4 is 21.0 Å². The summed E-state index contributed by atoms with van der Waals surface area (Å²) in [7, 11) is -3.73. The van der Waals surface area contributed by atoms with Crippen molar-refractivity contribution in [1.82, 2.24) is 8.87 Å². The molecule has 162 valence electrons. The second-order valence-corrected chi connectivity index (χ2v) is 10.4. The molecule has 3 atom stereocenters. The molecule has 1 fully saturated rings. The van der Waals surface area contributed by atoms with Gasteiger partial charge in [0, 0.05) is 48.3 Å². The summed E-state index contributed by atoms with van der Waals surface area (Å²) in [5.41, 5.74) is 0.821. The zero-order valence-electron chi connectivity index (χ0n) is 17.2. The lowest BCUT2D eigenvalue weighted by molar-refractivity contribution is 0.136. The summed E-state index contributed by atoms with van der Waals surface area (Å²) in [6, 6.07) is 12.8. The number of benzene rings is 1. The Kier molecular flexibility index (Phi) is 4.86. The van der Waals surface area contributed by atoms with Gasteiger partial charge in [0.2, 0.25) is 10.0 Å². The SMILES string of the molecule is CCC[C@H]1[C@H]2C[C@H](CN(S(=O)(=O)c3ccc4oc(=O)ccc4c3)C2)c2cccc(=O)n21. The number of pyridine rings is 1. The lowest BCUT2D eigenvalue weighted by atomic mass is 9.78. The van der Waals surface area contributed by atoms with Crippen LogP contribution in [0.25, 0.3) is 11.0 Å². The van der Waals surface area contributed by atoms with Gasteiger partial charge in [0.15, 0.2) is 0 Å². The van der Waals surface area contributed by atoms with Crippen LogP contribution in [-0.2, 0) is 10.0 Å². The first-order valence-corrected chi connectivity index (χ1v) is 12.1. The highest BCUT2D eigenvalue weighted by Gasteiger charge is 2.43. The second kappa shape index (κ2) is 7.46. The normalized spacial score (nSPS) is 23.6. The zero-order chi connectivity index (χ0) is 21.8. The Balaban J connectivity index is 1.54. The molecule has 0 N–H and O–H groups in total. The molecule has 0 unspecified atom stereocenters. The number of piperidine rings is 1. The second-order valence-electron chi connectivity index (χ2n) is 8.48. The van der Waals surface area contributed by atoms with Crippen LogP contribution >= 0.6 is 0 Å². The van der Waals surface area contributed by atoms with Crippen molar-refractivity contribution in [2.45, 2.75) is 43.0 Å². The zero-order valence-corrected chi connectivity index (χ0v) is 18.0. The maximum Gasteiger partial charge on any atom is 0.336 e. The molecule has 4 heterocycles. The summed E-state index contributed by atoms with van der Waals surface area (Å²) in [5, 5.41) is 0.568. The molecule has 2 aliphatic heterocycles. The van der Waals surface area contributed by atoms with Crippen LogP contribution < -0.4 is 11.2 Å². The molecule has 7 nitrogen and oxygen atoms in total. The molecule has 0 aliphatic carbocycles. The van der Waals surface area contributed by atoms with Gasteiger partial charge < -0.3 is 8.98 Å². The Morgan fingerprint density at radius 2 is 1.90 bits per heavy atom. The van der Waals surface area contributed by atoms with Crippen molar-refractivity contribution in [2.75, 3.05) is 13.1 Å². The molecule has 0 radical (unpaired) electrons. The van der Waals surface area contributed by atoms with Crippen LogP contribution in [0.15, 0.2) is 67.4 Å². The van der Waals surface area contributed by atoms with Crippen LogP contribution in [0.1, 0.15) is 43.8 Å². The Morgan fingerprint density at radius 1 is 1.06 bits per heavy atom. The van der Waals surface area contributed by atoms with E-state index >= 15 is 0 Å². The van der Waals surface area contributed by atoms with E-state index in [9.17, 15) is 18.0 Å². The van der Waals surface area contributed by atoms with E-state index in [0.29, 0.717) is 24.1 Å². The molecule has 2 aliphatic rings. The standard InChI is InChI=1S/C23H24N2O5S/c1-2-4-19-16-11-17(20-5-3-6-22(26)25(19)20)14-24(13-16)31(28,29)18-8-9-21-15(12-18)7-10-23(27)30-21/h3,5-10,12,16-17,19H,2,4,11,13-14H2,1H3/t16-,17+,19-/m0/s1. The van der Waals surface area contributed by atoms with Crippen molar-refractivity contribution in [3.63, 3.8) is 0 Å². The van der Waals surface area contributed by atoms with Crippen molar-refractivity contribution < 1.29 is 12.8 Å². The number of fused-ring (bicyclic) bond motifs is 5. The topological polar surface area (TPSA) is 89.6 Å². The quantitative estimate of drug-likeness (QED) is 0.582. The first-order chi connectivity index (χ1) is 14.9. The van der Waals surface area contributed by atoms with Crippen LogP contribution in [0, 0.1) is 5.92 Å². The highest BCUT2D eigenvalue weighted by atomic mass is 32.2. The summed E-state index contributed by atoms with van der Waals surface area (Å²) >= 11 is 0. The number of hydrogen-bond acceptors (Lipinski definition) is 5. The number of hydrogen-bond donors (Lipinski definition) is 0. The van der Waals surface area contributed by atoms with Crippen LogP contribution in [0.4, 0.5) is 0 Å². The minimum absolute atomic E-state index is 0.00187. The molecule has 0 saturated carbocycles. The molecular formula is C23H24N2O5S. The molecule has 2 aromatic heterocycles. The van der Waals surface area contributed by atoms with Gasteiger partial charge in [-0.1, -0.05) is 19.4 Å². The largest absolute Gasteiger partial charge is 0.423 e. The molecule has 8 heteroatoms. The lowest BCUT2D eigenvalue weighted by Crippen LogP contribution is -2.51. The summed E-state index contributed by atoms with van der Waals surface area (Å²) in [6.07, 6.45) is 2.66. The van der Waals surface area contributed by atoms with E-state index in [1.807, 2.05) is 10.6 Å². The van der Waals surface area contributed by atoms with Crippen LogP contribution in [0.2, 0.25) is 0 Å². The van der Waals surface area contributed by atoms with Gasteiger partial charge in [0.05, 0.1) is 4.90 Å². The minimum atomic E-state index is -3.73. The third-order valence-corrected chi connectivity index (χ3v) is 8.41. The van der Waals surface area contributed by atoms with E-state index in [1.54, 1.807) is 28.6 Å². The van der Waals surface area contributed by atoms with Crippen LogP contribution in [0.5, 0.6) is 0 Å². The number of sulfonamides is 1. The van der Waals surface area contributed by atoms with Gasteiger partial charge in [-0.05, 0) is 49.1 Å². The first-order valence-electron chi connectivity index (χ1n) is 10.6. The molecular weight excluding hydrogens is 416 g/mol. The summed E-state index contributed by atoms with van der Waals surface area (Å²) in [6.45, 7) is 2.83. The molecule has 0 amide bonds. The fourth-order valence-corrected chi connectivity index (χ4v) is 6.80. The summed E-state index contributed by atoms with van der Waals surface area (Å²) in [5.74, 6) is 0.0913. The number of nitrogens with zero attached hydrogens (tertiary/aromatic N) is 2. The Bertz CT molecular complexity index is 1370. The fourth-order valence-electron chi connectivity index (χ4n) is 5.22. The molecule has 0 spiro atoms. The van der Waals surface area contributed by atoms with Crippen molar-refractivity contribution in [1.29, 1.82) is 0 Å². The van der Waals surface area contributed by atoms with E-state index in [1.165, 1.54) is 18.2 Å². The van der Waals surface area contributed by atoms with E-state index < -0.39 is 15.6 Å². The Morgan fingerprint density at radius 3 is 2.71 bits per heavy atom. The Hall–Kier alpha value is -2.71. The molecule has 31 heavy (non-hydrogen) atoms. The predicted octanol–water partition coefficient (Wildman–Crippen LogP) is 3.10. The molecule has 3 aromatic rings. The highest BCUT2D eigenvalue weighted by Crippen LogP contribution is 2.44. The van der Waals surface area contributed by atoms with Gasteiger partial charge in [0.25, 0.3) is 5.56 Å². The van der Waals surface area contributed by atoms with E-state index in [2.05, 4.69) is 6.92 Å². The average molecular weight is 441 g/mol. The molecule has 1 aromatic carbocycles. The van der Waals surface area contributed by atoms with E-state index in [0.717, 1.165) is 25.0 Å². The molecule has 5 rings (SSSR count). The molecule has 2 bridgehead atoms. The smallest absolute Gasteiger partial charge is 0.336 e. The van der Waals surface area contributed by atoms with Gasteiger partial charge in [-0.25, -0.2) is 13.2 Å². The minimum Gasteiger partial charge on any atom is -0.423 e. The van der Waals surface area contributed by atoms with E-state index in [4.69, 9.17) is 4.42 Å². The lowest BCUT2D eigenvalue weighted by Gasteiger charge is -2.46. The predicted molar refractivity (Wildman–Crippen MR) is 117 cm³/mol. The monoisotopic (exact) mass is 440 g/mol. The van der Waals surface area contributed by atoms with Crippen molar-refractivity contribution in [2.24, 2.45) is 5.92 Å². The van der Waals surface area contributed by atoms with Gasteiger partial charge in [-0.2, -0.15) is 4.31 Å². The Labute approximate surface area is 180 Å². The van der Waals surface area contributed by atoms with Crippen LogP contribution in [0.3, 0.4) is 0 Å². The maximum atomic E-state index is 13.5.